The Morgan fingerprint density at radius 3 is 0.785 bits per heavy atom. The van der Waals surface area contributed by atoms with Crippen LogP contribution in [0.5, 0.6) is 0 Å². The smallest absolute Gasteiger partial charge is 0.306 e. The molecule has 6 nitrogen and oxygen atoms in total. The molecular formula is C73H130O6. The van der Waals surface area contributed by atoms with Gasteiger partial charge in [0.25, 0.3) is 0 Å². The lowest BCUT2D eigenvalue weighted by Gasteiger charge is -2.18. The number of carbonyl (C=O) groups excluding carboxylic acids is 3. The zero-order valence-electron chi connectivity index (χ0n) is 52.6. The zero-order chi connectivity index (χ0) is 57.1. The quantitative estimate of drug-likeness (QED) is 0.0261. The summed E-state index contributed by atoms with van der Waals surface area (Å²) in [6.07, 6.45) is 87.8. The summed E-state index contributed by atoms with van der Waals surface area (Å²) in [5, 5.41) is 0. The second-order valence-electron chi connectivity index (χ2n) is 23.1. The molecule has 1 atom stereocenters. The van der Waals surface area contributed by atoms with Gasteiger partial charge < -0.3 is 14.2 Å². The molecule has 79 heavy (non-hydrogen) atoms. The minimum atomic E-state index is -0.779. The number of ether oxygens (including phenoxy) is 3. The predicted octanol–water partition coefficient (Wildman–Crippen LogP) is 23.7. The van der Waals surface area contributed by atoms with Crippen LogP contribution in [0.1, 0.15) is 355 Å². The number of allylic oxidation sites excluding steroid dienone is 12. The zero-order valence-corrected chi connectivity index (χ0v) is 52.6. The molecule has 0 radical (unpaired) electrons. The van der Waals surface area contributed by atoms with Gasteiger partial charge in [-0.3, -0.25) is 14.4 Å². The van der Waals surface area contributed by atoms with E-state index in [0.717, 1.165) is 96.3 Å². The third-order valence-corrected chi connectivity index (χ3v) is 15.2. The summed E-state index contributed by atoms with van der Waals surface area (Å²) in [7, 11) is 0. The Hall–Kier alpha value is -3.15. The molecule has 0 spiro atoms. The van der Waals surface area contributed by atoms with Crippen LogP contribution in [0.3, 0.4) is 0 Å². The van der Waals surface area contributed by atoms with Crippen molar-refractivity contribution in [1.29, 1.82) is 0 Å². The van der Waals surface area contributed by atoms with Gasteiger partial charge in [0.1, 0.15) is 13.2 Å². The molecule has 0 fully saturated rings. The molecule has 6 heteroatoms. The van der Waals surface area contributed by atoms with Crippen LogP contribution < -0.4 is 0 Å². The van der Waals surface area contributed by atoms with Gasteiger partial charge in [-0.1, -0.05) is 318 Å². The highest BCUT2D eigenvalue weighted by molar-refractivity contribution is 5.71. The number of rotatable bonds is 63. The van der Waals surface area contributed by atoms with Crippen molar-refractivity contribution in [2.24, 2.45) is 0 Å². The first-order valence-electron chi connectivity index (χ1n) is 34.4. The Morgan fingerprint density at radius 1 is 0.266 bits per heavy atom. The van der Waals surface area contributed by atoms with E-state index in [2.05, 4.69) is 93.7 Å². The summed E-state index contributed by atoms with van der Waals surface area (Å²) in [5.41, 5.74) is 0. The Bertz CT molecular complexity index is 1450. The first kappa shape index (κ1) is 75.8. The van der Waals surface area contributed by atoms with Gasteiger partial charge in [0.15, 0.2) is 6.10 Å². The molecule has 0 aliphatic rings. The molecule has 0 aromatic rings. The van der Waals surface area contributed by atoms with E-state index in [9.17, 15) is 14.4 Å². The Morgan fingerprint density at radius 2 is 0.494 bits per heavy atom. The van der Waals surface area contributed by atoms with E-state index in [1.165, 1.54) is 218 Å². The SMILES string of the molecule is CC/C=C\C/C=C\C/C=C\C/C=C\C/C=C\CCCCCCCCCCCCCC(=O)OCC(COC(=O)CCCCCCC/C=C\CCCCCCC)OC(=O)CCCCCCCCCCCCCCCCCCCCCC. The largest absolute Gasteiger partial charge is 0.462 e. The van der Waals surface area contributed by atoms with E-state index in [1.807, 2.05) is 0 Å². The van der Waals surface area contributed by atoms with Crippen LogP contribution >= 0.6 is 0 Å². The van der Waals surface area contributed by atoms with Gasteiger partial charge in [0.05, 0.1) is 0 Å². The lowest BCUT2D eigenvalue weighted by molar-refractivity contribution is -0.167. The molecule has 0 heterocycles. The molecule has 1 unspecified atom stereocenters. The molecule has 0 amide bonds. The van der Waals surface area contributed by atoms with Crippen LogP contribution in [0.4, 0.5) is 0 Å². The van der Waals surface area contributed by atoms with E-state index in [0.29, 0.717) is 19.3 Å². The normalized spacial score (nSPS) is 12.5. The van der Waals surface area contributed by atoms with Crippen molar-refractivity contribution in [2.45, 2.75) is 361 Å². The summed E-state index contributed by atoms with van der Waals surface area (Å²) in [6.45, 7) is 6.56. The minimum Gasteiger partial charge on any atom is -0.462 e. The molecule has 0 saturated heterocycles. The molecule has 0 aromatic carbocycles. The van der Waals surface area contributed by atoms with E-state index in [4.69, 9.17) is 14.2 Å². The summed E-state index contributed by atoms with van der Waals surface area (Å²) in [6, 6.07) is 0. The highest BCUT2D eigenvalue weighted by atomic mass is 16.6. The Balaban J connectivity index is 4.28. The molecule has 0 rings (SSSR count). The topological polar surface area (TPSA) is 78.9 Å². The summed E-state index contributed by atoms with van der Waals surface area (Å²) < 4.78 is 17.0. The van der Waals surface area contributed by atoms with Crippen molar-refractivity contribution in [3.8, 4) is 0 Å². The second kappa shape index (κ2) is 67.4. The van der Waals surface area contributed by atoms with Crippen molar-refractivity contribution in [3.63, 3.8) is 0 Å². The predicted molar refractivity (Wildman–Crippen MR) is 344 cm³/mol. The van der Waals surface area contributed by atoms with Crippen molar-refractivity contribution in [3.05, 3.63) is 72.9 Å². The molecular weight excluding hydrogens is 973 g/mol. The van der Waals surface area contributed by atoms with Crippen LogP contribution in [0.2, 0.25) is 0 Å². The fraction of sp³-hybridized carbons (Fsp3) is 0.795. The summed E-state index contributed by atoms with van der Waals surface area (Å²) >= 11 is 0. The standard InChI is InChI=1S/C73H130O6/c1-4-7-10-13-16-19-22-25-28-30-32-34-35-36-37-38-39-40-42-43-45-48-51-54-57-60-63-66-72(75)78-69-70(68-77-71(74)65-62-59-56-53-50-47-27-24-21-18-15-12-9-6-3)79-73(76)67-64-61-58-55-52-49-46-44-41-33-31-29-26-23-20-17-14-11-8-5-2/h7,10,16,19,24-25,27-28,32,34,36-37,70H,4-6,8-9,11-15,17-18,20-23,26,29-31,33,35,38-69H2,1-3H3/b10-7-,19-16-,27-24-,28-25-,34-32-,37-36-. The second-order valence-corrected chi connectivity index (χ2v) is 23.1. The van der Waals surface area contributed by atoms with Crippen molar-refractivity contribution in [2.75, 3.05) is 13.2 Å². The van der Waals surface area contributed by atoms with Gasteiger partial charge >= 0.3 is 17.9 Å². The van der Waals surface area contributed by atoms with Crippen LogP contribution in [0.15, 0.2) is 72.9 Å². The fourth-order valence-electron chi connectivity index (χ4n) is 10.1. The molecule has 0 saturated carbocycles. The minimum absolute atomic E-state index is 0.0756. The third kappa shape index (κ3) is 65.5. The first-order valence-corrected chi connectivity index (χ1v) is 34.4. The van der Waals surface area contributed by atoms with Gasteiger partial charge in [0, 0.05) is 19.3 Å². The molecule has 0 aromatic heterocycles. The lowest BCUT2D eigenvalue weighted by atomic mass is 10.0. The van der Waals surface area contributed by atoms with E-state index in [1.54, 1.807) is 0 Å². The van der Waals surface area contributed by atoms with E-state index >= 15 is 0 Å². The van der Waals surface area contributed by atoms with Gasteiger partial charge in [-0.25, -0.2) is 0 Å². The van der Waals surface area contributed by atoms with Gasteiger partial charge in [-0.15, -0.1) is 0 Å². The maximum absolute atomic E-state index is 12.9. The number of hydrogen-bond acceptors (Lipinski definition) is 6. The Labute approximate surface area is 491 Å². The molecule has 0 aliphatic carbocycles. The fourth-order valence-corrected chi connectivity index (χ4v) is 10.1. The van der Waals surface area contributed by atoms with Crippen LogP contribution in [0, 0.1) is 0 Å². The van der Waals surface area contributed by atoms with Crippen LogP contribution in [-0.2, 0) is 28.6 Å². The maximum atomic E-state index is 12.9. The lowest BCUT2D eigenvalue weighted by Crippen LogP contribution is -2.30. The average Bonchev–Trinajstić information content (AvgIpc) is 3.45. The molecule has 0 N–H and O–H groups in total. The van der Waals surface area contributed by atoms with Crippen molar-refractivity contribution < 1.29 is 28.6 Å². The van der Waals surface area contributed by atoms with Crippen molar-refractivity contribution in [1.82, 2.24) is 0 Å². The third-order valence-electron chi connectivity index (χ3n) is 15.2. The maximum Gasteiger partial charge on any atom is 0.306 e. The summed E-state index contributed by atoms with van der Waals surface area (Å²) in [4.78, 5) is 38.4. The average molecular weight is 1100 g/mol. The molecule has 0 bridgehead atoms. The van der Waals surface area contributed by atoms with Gasteiger partial charge in [0.2, 0.25) is 0 Å². The highest BCUT2D eigenvalue weighted by Crippen LogP contribution is 2.18. The van der Waals surface area contributed by atoms with Crippen LogP contribution in [0.25, 0.3) is 0 Å². The van der Waals surface area contributed by atoms with E-state index < -0.39 is 6.10 Å². The number of carbonyl (C=O) groups is 3. The van der Waals surface area contributed by atoms with Gasteiger partial charge in [-0.05, 0) is 89.9 Å². The first-order chi connectivity index (χ1) is 39.0. The number of hydrogen-bond donors (Lipinski definition) is 0. The summed E-state index contributed by atoms with van der Waals surface area (Å²) in [5.74, 6) is -0.865. The molecule has 0 aliphatic heterocycles. The van der Waals surface area contributed by atoms with Crippen molar-refractivity contribution >= 4 is 17.9 Å². The van der Waals surface area contributed by atoms with Crippen LogP contribution in [-0.4, -0.2) is 37.2 Å². The monoisotopic (exact) mass is 1100 g/mol. The van der Waals surface area contributed by atoms with E-state index in [-0.39, 0.29) is 31.1 Å². The van der Waals surface area contributed by atoms with Gasteiger partial charge in [-0.2, -0.15) is 0 Å². The highest BCUT2D eigenvalue weighted by Gasteiger charge is 2.19. The Kier molecular flexibility index (Phi) is 64.7. The number of unbranched alkanes of at least 4 members (excludes halogenated alkanes) is 40. The number of esters is 3. The molecule has 458 valence electrons.